The van der Waals surface area contributed by atoms with Crippen molar-refractivity contribution in [3.05, 3.63) is 47.8 Å². The van der Waals surface area contributed by atoms with Gasteiger partial charge in [0.1, 0.15) is 29.6 Å². The molecule has 0 fully saturated rings. The highest BCUT2D eigenvalue weighted by molar-refractivity contribution is 5.43. The second kappa shape index (κ2) is 4.73. The molecule has 0 radical (unpaired) electrons. The van der Waals surface area contributed by atoms with Gasteiger partial charge in [0.25, 0.3) is 0 Å². The van der Waals surface area contributed by atoms with Crippen LogP contribution in [0.25, 0.3) is 0 Å². The summed E-state index contributed by atoms with van der Waals surface area (Å²) in [6.45, 7) is 0.197. The third-order valence-electron chi connectivity index (χ3n) is 2.16. The molecule has 0 bridgehead atoms. The van der Waals surface area contributed by atoms with E-state index in [1.165, 1.54) is 24.5 Å². The molecular formula is C11H10F2N4. The number of benzene rings is 1. The largest absolute Gasteiger partial charge is 0.384 e. The fourth-order valence-electron chi connectivity index (χ4n) is 1.32. The fourth-order valence-corrected chi connectivity index (χ4v) is 1.32. The third-order valence-corrected chi connectivity index (χ3v) is 2.16. The van der Waals surface area contributed by atoms with Crippen LogP contribution in [-0.2, 0) is 6.54 Å². The lowest BCUT2D eigenvalue weighted by Crippen LogP contribution is -2.04. The molecule has 1 heterocycles. The summed E-state index contributed by atoms with van der Waals surface area (Å²) in [6, 6.07) is 4.95. The van der Waals surface area contributed by atoms with E-state index >= 15 is 0 Å². The molecule has 0 aliphatic heterocycles. The second-order valence-electron chi connectivity index (χ2n) is 3.42. The molecule has 0 saturated heterocycles. The molecular weight excluding hydrogens is 226 g/mol. The van der Waals surface area contributed by atoms with Gasteiger partial charge in [-0.25, -0.2) is 18.7 Å². The van der Waals surface area contributed by atoms with Gasteiger partial charge < -0.3 is 11.1 Å². The van der Waals surface area contributed by atoms with Crippen molar-refractivity contribution in [2.75, 3.05) is 11.1 Å². The first-order chi connectivity index (χ1) is 8.15. The Morgan fingerprint density at radius 1 is 1.18 bits per heavy atom. The van der Waals surface area contributed by atoms with Crippen molar-refractivity contribution in [3.8, 4) is 0 Å². The van der Waals surface area contributed by atoms with Crippen LogP contribution in [0.1, 0.15) is 5.56 Å². The van der Waals surface area contributed by atoms with E-state index in [1.807, 2.05) is 0 Å². The zero-order valence-electron chi connectivity index (χ0n) is 8.82. The maximum atomic E-state index is 13.3. The van der Waals surface area contributed by atoms with E-state index in [-0.39, 0.29) is 6.54 Å². The lowest BCUT2D eigenvalue weighted by molar-refractivity contribution is 0.574. The first kappa shape index (κ1) is 11.3. The number of rotatable bonds is 3. The Kier molecular flexibility index (Phi) is 3.13. The number of nitrogens with two attached hydrogens (primary N) is 1. The Bertz CT molecular complexity index is 531. The molecule has 1 aromatic carbocycles. The topological polar surface area (TPSA) is 63.8 Å². The number of anilines is 2. The van der Waals surface area contributed by atoms with Crippen LogP contribution < -0.4 is 11.1 Å². The minimum Gasteiger partial charge on any atom is -0.384 e. The molecule has 0 saturated carbocycles. The van der Waals surface area contributed by atoms with Gasteiger partial charge in [0.15, 0.2) is 0 Å². The van der Waals surface area contributed by atoms with Crippen LogP contribution in [0.15, 0.2) is 30.6 Å². The number of halogens is 2. The molecule has 0 amide bonds. The Hall–Kier alpha value is -2.24. The Morgan fingerprint density at radius 2 is 2.00 bits per heavy atom. The Balaban J connectivity index is 2.07. The number of nitrogen functional groups attached to an aromatic ring is 1. The molecule has 17 heavy (non-hydrogen) atoms. The molecule has 0 aliphatic carbocycles. The van der Waals surface area contributed by atoms with E-state index in [0.717, 1.165) is 6.07 Å². The van der Waals surface area contributed by atoms with Gasteiger partial charge in [-0.2, -0.15) is 0 Å². The maximum absolute atomic E-state index is 13.3. The van der Waals surface area contributed by atoms with Crippen molar-refractivity contribution in [1.29, 1.82) is 0 Å². The standard InChI is InChI=1S/C11H10F2N4/c12-8-2-1-7(9(13)3-8)5-15-11-4-10(14)16-6-17-11/h1-4,6H,5H2,(H3,14,15,16,17). The lowest BCUT2D eigenvalue weighted by atomic mass is 10.2. The molecule has 3 N–H and O–H groups in total. The predicted molar refractivity (Wildman–Crippen MR) is 60.1 cm³/mol. The van der Waals surface area contributed by atoms with Gasteiger partial charge in [0.2, 0.25) is 0 Å². The van der Waals surface area contributed by atoms with Crippen molar-refractivity contribution < 1.29 is 8.78 Å². The van der Waals surface area contributed by atoms with Gasteiger partial charge >= 0.3 is 0 Å². The van der Waals surface area contributed by atoms with Crippen LogP contribution in [0.3, 0.4) is 0 Å². The van der Waals surface area contributed by atoms with Gasteiger partial charge in [-0.05, 0) is 6.07 Å². The van der Waals surface area contributed by atoms with Gasteiger partial charge in [-0.15, -0.1) is 0 Å². The zero-order valence-corrected chi connectivity index (χ0v) is 8.82. The van der Waals surface area contributed by atoms with Crippen molar-refractivity contribution in [2.24, 2.45) is 0 Å². The molecule has 2 rings (SSSR count). The summed E-state index contributed by atoms with van der Waals surface area (Å²) in [5.41, 5.74) is 5.81. The van der Waals surface area contributed by atoms with Crippen molar-refractivity contribution >= 4 is 11.6 Å². The smallest absolute Gasteiger partial charge is 0.131 e. The average Bonchev–Trinajstić information content (AvgIpc) is 2.28. The monoisotopic (exact) mass is 236 g/mol. The third kappa shape index (κ3) is 2.87. The van der Waals surface area contributed by atoms with Crippen LogP contribution in [0.5, 0.6) is 0 Å². The van der Waals surface area contributed by atoms with Crippen molar-refractivity contribution in [2.45, 2.75) is 6.54 Å². The highest BCUT2D eigenvalue weighted by Crippen LogP contribution is 2.12. The molecule has 0 unspecified atom stereocenters. The molecule has 1 aromatic heterocycles. The normalized spacial score (nSPS) is 10.2. The van der Waals surface area contributed by atoms with Crippen LogP contribution >= 0.6 is 0 Å². The maximum Gasteiger partial charge on any atom is 0.131 e. The highest BCUT2D eigenvalue weighted by Gasteiger charge is 2.04. The Labute approximate surface area is 96.5 Å². The van der Waals surface area contributed by atoms with E-state index in [4.69, 9.17) is 5.73 Å². The zero-order chi connectivity index (χ0) is 12.3. The minimum atomic E-state index is -0.600. The fraction of sp³-hybridized carbons (Fsp3) is 0.0909. The molecule has 6 heteroatoms. The number of hydrogen-bond donors (Lipinski definition) is 2. The summed E-state index contributed by atoms with van der Waals surface area (Å²) in [6.07, 6.45) is 1.30. The molecule has 0 atom stereocenters. The number of nitrogens with one attached hydrogen (secondary N) is 1. The quantitative estimate of drug-likeness (QED) is 0.854. The highest BCUT2D eigenvalue weighted by atomic mass is 19.1. The van der Waals surface area contributed by atoms with Crippen molar-refractivity contribution in [3.63, 3.8) is 0 Å². The first-order valence-electron chi connectivity index (χ1n) is 4.90. The van der Waals surface area contributed by atoms with E-state index in [9.17, 15) is 8.78 Å². The molecule has 4 nitrogen and oxygen atoms in total. The van der Waals surface area contributed by atoms with E-state index in [2.05, 4.69) is 15.3 Å². The predicted octanol–water partition coefficient (Wildman–Crippen LogP) is 1.95. The van der Waals surface area contributed by atoms with E-state index in [1.54, 1.807) is 0 Å². The minimum absolute atomic E-state index is 0.197. The summed E-state index contributed by atoms with van der Waals surface area (Å²) < 4.78 is 26.0. The van der Waals surface area contributed by atoms with Crippen LogP contribution in [0.4, 0.5) is 20.4 Å². The molecule has 88 valence electrons. The lowest BCUT2D eigenvalue weighted by Gasteiger charge is -2.06. The molecule has 0 spiro atoms. The summed E-state index contributed by atoms with van der Waals surface area (Å²) in [7, 11) is 0. The Morgan fingerprint density at radius 3 is 2.71 bits per heavy atom. The van der Waals surface area contributed by atoms with Gasteiger partial charge in [-0.1, -0.05) is 6.07 Å². The number of hydrogen-bond acceptors (Lipinski definition) is 4. The average molecular weight is 236 g/mol. The van der Waals surface area contributed by atoms with Crippen LogP contribution in [0, 0.1) is 11.6 Å². The molecule has 0 aliphatic rings. The summed E-state index contributed by atoms with van der Waals surface area (Å²) in [5, 5.41) is 2.87. The number of aromatic nitrogens is 2. The van der Waals surface area contributed by atoms with Gasteiger partial charge in [0.05, 0.1) is 0 Å². The van der Waals surface area contributed by atoms with Gasteiger partial charge in [-0.3, -0.25) is 0 Å². The summed E-state index contributed by atoms with van der Waals surface area (Å²) in [5.74, 6) is -0.389. The number of nitrogens with zero attached hydrogens (tertiary/aromatic N) is 2. The summed E-state index contributed by atoms with van der Waals surface area (Å²) in [4.78, 5) is 7.63. The van der Waals surface area contributed by atoms with Crippen molar-refractivity contribution in [1.82, 2.24) is 9.97 Å². The SMILES string of the molecule is Nc1cc(NCc2ccc(F)cc2F)ncn1. The molecule has 2 aromatic rings. The second-order valence-corrected chi connectivity index (χ2v) is 3.42. The van der Waals surface area contributed by atoms with E-state index < -0.39 is 11.6 Å². The first-order valence-corrected chi connectivity index (χ1v) is 4.90. The summed E-state index contributed by atoms with van der Waals surface area (Å²) >= 11 is 0. The van der Waals surface area contributed by atoms with Crippen LogP contribution in [-0.4, -0.2) is 9.97 Å². The van der Waals surface area contributed by atoms with Gasteiger partial charge in [0, 0.05) is 24.2 Å². The van der Waals surface area contributed by atoms with Crippen LogP contribution in [0.2, 0.25) is 0 Å². The van der Waals surface area contributed by atoms with E-state index in [0.29, 0.717) is 17.2 Å².